The number of carbonyl (C=O) groups excluding carboxylic acids is 1. The fraction of sp³-hybridized carbons (Fsp3) is 0.357. The summed E-state index contributed by atoms with van der Waals surface area (Å²) in [5, 5.41) is 3.70. The lowest BCUT2D eigenvalue weighted by molar-refractivity contribution is 0.0959. The molecule has 2 N–H and O–H groups in total. The summed E-state index contributed by atoms with van der Waals surface area (Å²) in [6.07, 6.45) is 0. The summed E-state index contributed by atoms with van der Waals surface area (Å²) in [6, 6.07) is 8.16. The van der Waals surface area contributed by atoms with E-state index in [4.69, 9.17) is 0 Å². The van der Waals surface area contributed by atoms with E-state index in [1.807, 2.05) is 12.1 Å². The van der Waals surface area contributed by atoms with Crippen molar-refractivity contribution in [2.75, 3.05) is 7.05 Å². The van der Waals surface area contributed by atoms with E-state index in [0.29, 0.717) is 5.69 Å². The first-order valence-corrected chi connectivity index (χ1v) is 5.77. The zero-order valence-electron chi connectivity index (χ0n) is 10.7. The van der Waals surface area contributed by atoms with Gasteiger partial charge in [0.15, 0.2) is 0 Å². The van der Waals surface area contributed by atoms with Crippen LogP contribution in [0.2, 0.25) is 0 Å². The van der Waals surface area contributed by atoms with Crippen LogP contribution >= 0.6 is 0 Å². The van der Waals surface area contributed by atoms with E-state index in [9.17, 15) is 4.79 Å². The normalized spacial score (nSPS) is 11.8. The lowest BCUT2D eigenvalue weighted by atomic mass is 9.86. The van der Waals surface area contributed by atoms with Gasteiger partial charge in [-0.25, -0.2) is 0 Å². The summed E-state index contributed by atoms with van der Waals surface area (Å²) in [6.45, 7) is 6.54. The second-order valence-corrected chi connectivity index (χ2v) is 5.31. The molecule has 0 bridgehead atoms. The molecule has 3 nitrogen and oxygen atoms in total. The predicted molar refractivity (Wildman–Crippen MR) is 70.4 cm³/mol. The maximum atomic E-state index is 11.5. The zero-order chi connectivity index (χ0) is 12.6. The molecular weight excluding hydrogens is 212 g/mol. The molecule has 0 aliphatic heterocycles. The van der Waals surface area contributed by atoms with Crippen LogP contribution in [0.1, 0.15) is 36.8 Å². The van der Waals surface area contributed by atoms with Crippen LogP contribution in [-0.4, -0.2) is 17.9 Å². The van der Waals surface area contributed by atoms with E-state index in [1.54, 1.807) is 7.05 Å². The molecule has 0 aliphatic rings. The van der Waals surface area contributed by atoms with Crippen molar-refractivity contribution in [2.24, 2.45) is 0 Å². The van der Waals surface area contributed by atoms with Gasteiger partial charge in [-0.2, -0.15) is 0 Å². The molecule has 1 amide bonds. The molecule has 1 aromatic carbocycles. The fourth-order valence-corrected chi connectivity index (χ4v) is 1.86. The fourth-order valence-electron chi connectivity index (χ4n) is 1.86. The van der Waals surface area contributed by atoms with E-state index in [2.05, 4.69) is 43.2 Å². The lowest BCUT2D eigenvalue weighted by Crippen LogP contribution is -2.17. The minimum Gasteiger partial charge on any atom is -0.354 e. The van der Waals surface area contributed by atoms with Gasteiger partial charge in [0.05, 0.1) is 0 Å². The highest BCUT2D eigenvalue weighted by Gasteiger charge is 2.15. The molecule has 1 heterocycles. The van der Waals surface area contributed by atoms with E-state index >= 15 is 0 Å². The third kappa shape index (κ3) is 2.18. The number of aromatic amines is 1. The van der Waals surface area contributed by atoms with Crippen molar-refractivity contribution in [3.8, 4) is 0 Å². The Kier molecular flexibility index (Phi) is 2.69. The number of fused-ring (bicyclic) bond motifs is 1. The first kappa shape index (κ1) is 11.7. The first-order valence-electron chi connectivity index (χ1n) is 5.77. The molecule has 90 valence electrons. The number of benzene rings is 1. The van der Waals surface area contributed by atoms with Crippen molar-refractivity contribution in [2.45, 2.75) is 26.2 Å². The van der Waals surface area contributed by atoms with E-state index in [0.717, 1.165) is 10.9 Å². The summed E-state index contributed by atoms with van der Waals surface area (Å²) in [7, 11) is 1.63. The molecule has 2 aromatic rings. The monoisotopic (exact) mass is 230 g/mol. The van der Waals surface area contributed by atoms with Gasteiger partial charge in [-0.3, -0.25) is 4.79 Å². The van der Waals surface area contributed by atoms with Gasteiger partial charge in [0.2, 0.25) is 0 Å². The van der Waals surface area contributed by atoms with E-state index in [-0.39, 0.29) is 11.3 Å². The largest absolute Gasteiger partial charge is 0.354 e. The minimum absolute atomic E-state index is 0.0847. The Morgan fingerprint density at radius 3 is 2.53 bits per heavy atom. The predicted octanol–water partition coefficient (Wildman–Crippen LogP) is 2.83. The molecule has 17 heavy (non-hydrogen) atoms. The second-order valence-electron chi connectivity index (χ2n) is 5.31. The summed E-state index contributed by atoms with van der Waals surface area (Å²) >= 11 is 0. The molecule has 0 saturated carbocycles. The Bertz CT molecular complexity index is 561. The lowest BCUT2D eigenvalue weighted by Gasteiger charge is -2.18. The summed E-state index contributed by atoms with van der Waals surface area (Å²) in [5.74, 6) is -0.0847. The van der Waals surface area contributed by atoms with Crippen LogP contribution in [0.15, 0.2) is 24.3 Å². The van der Waals surface area contributed by atoms with Crippen LogP contribution in [0.3, 0.4) is 0 Å². The quantitative estimate of drug-likeness (QED) is 0.777. The summed E-state index contributed by atoms with van der Waals surface area (Å²) in [4.78, 5) is 14.6. The number of hydrogen-bond donors (Lipinski definition) is 2. The van der Waals surface area contributed by atoms with E-state index in [1.165, 1.54) is 5.56 Å². The van der Waals surface area contributed by atoms with Crippen LogP contribution in [0.25, 0.3) is 10.9 Å². The minimum atomic E-state index is -0.0847. The maximum Gasteiger partial charge on any atom is 0.267 e. The van der Waals surface area contributed by atoms with Gasteiger partial charge in [0.25, 0.3) is 5.91 Å². The molecule has 1 aromatic heterocycles. The van der Waals surface area contributed by atoms with Crippen molar-refractivity contribution < 1.29 is 4.79 Å². The highest BCUT2D eigenvalue weighted by atomic mass is 16.1. The van der Waals surface area contributed by atoms with Gasteiger partial charge in [0.1, 0.15) is 5.69 Å². The Labute approximate surface area is 101 Å². The number of hydrogen-bond acceptors (Lipinski definition) is 1. The molecule has 0 spiro atoms. The summed E-state index contributed by atoms with van der Waals surface area (Å²) < 4.78 is 0. The average molecular weight is 230 g/mol. The van der Waals surface area contributed by atoms with Gasteiger partial charge in [-0.1, -0.05) is 26.8 Å². The molecule has 0 saturated heterocycles. The SMILES string of the molecule is CNC(=O)c1cc2cc(C(C)(C)C)ccc2[nH]1. The zero-order valence-corrected chi connectivity index (χ0v) is 10.7. The van der Waals surface area contributed by atoms with Gasteiger partial charge in [-0.15, -0.1) is 0 Å². The van der Waals surface area contributed by atoms with Crippen LogP contribution in [0.4, 0.5) is 0 Å². The topological polar surface area (TPSA) is 44.9 Å². The van der Waals surface area contributed by atoms with Crippen LogP contribution < -0.4 is 5.32 Å². The molecule has 3 heteroatoms. The van der Waals surface area contributed by atoms with Gasteiger partial charge in [0, 0.05) is 18.0 Å². The van der Waals surface area contributed by atoms with Crippen LogP contribution in [-0.2, 0) is 5.41 Å². The third-order valence-electron chi connectivity index (χ3n) is 2.96. The molecule has 2 rings (SSSR count). The highest BCUT2D eigenvalue weighted by molar-refractivity contribution is 5.98. The first-order chi connectivity index (χ1) is 7.91. The maximum absolute atomic E-state index is 11.5. The Morgan fingerprint density at radius 1 is 1.24 bits per heavy atom. The third-order valence-corrected chi connectivity index (χ3v) is 2.96. The van der Waals surface area contributed by atoms with E-state index < -0.39 is 0 Å². The van der Waals surface area contributed by atoms with Crippen molar-refractivity contribution in [1.29, 1.82) is 0 Å². The number of H-pyrrole nitrogens is 1. The molecule has 0 atom stereocenters. The highest BCUT2D eigenvalue weighted by Crippen LogP contribution is 2.26. The van der Waals surface area contributed by atoms with Crippen molar-refractivity contribution >= 4 is 16.8 Å². The smallest absolute Gasteiger partial charge is 0.267 e. The Balaban J connectivity index is 2.52. The van der Waals surface area contributed by atoms with Crippen molar-refractivity contribution in [3.63, 3.8) is 0 Å². The number of carbonyl (C=O) groups is 1. The standard InChI is InChI=1S/C14H18N2O/c1-14(2,3)10-5-6-11-9(7-10)8-12(16-11)13(17)15-4/h5-8,16H,1-4H3,(H,15,17). The van der Waals surface area contributed by atoms with Crippen molar-refractivity contribution in [1.82, 2.24) is 10.3 Å². The number of amides is 1. The van der Waals surface area contributed by atoms with Crippen molar-refractivity contribution in [3.05, 3.63) is 35.5 Å². The number of nitrogens with one attached hydrogen (secondary N) is 2. The molecule has 0 unspecified atom stereocenters. The van der Waals surface area contributed by atoms with Gasteiger partial charge in [-0.05, 0) is 29.2 Å². The molecule has 0 radical (unpaired) electrons. The Hall–Kier alpha value is -1.77. The molecular formula is C14H18N2O. The number of aromatic nitrogens is 1. The molecule has 0 aliphatic carbocycles. The van der Waals surface area contributed by atoms with Crippen LogP contribution in [0, 0.1) is 0 Å². The van der Waals surface area contributed by atoms with Gasteiger partial charge >= 0.3 is 0 Å². The Morgan fingerprint density at radius 2 is 1.94 bits per heavy atom. The summed E-state index contributed by atoms with van der Waals surface area (Å²) in [5.41, 5.74) is 3.00. The van der Waals surface area contributed by atoms with Crippen LogP contribution in [0.5, 0.6) is 0 Å². The molecule has 0 fully saturated rings. The second kappa shape index (κ2) is 3.91. The number of rotatable bonds is 1. The van der Waals surface area contributed by atoms with Gasteiger partial charge < -0.3 is 10.3 Å². The average Bonchev–Trinajstić information content (AvgIpc) is 2.69.